The number of hydrogen-bond donors (Lipinski definition) is 1. The highest BCUT2D eigenvalue weighted by molar-refractivity contribution is 9.10. The van der Waals surface area contributed by atoms with E-state index in [4.69, 9.17) is 4.74 Å². The number of fused-ring (bicyclic) bond motifs is 1. The van der Waals surface area contributed by atoms with Crippen LogP contribution in [0.1, 0.15) is 20.9 Å². The Hall–Kier alpha value is -2.95. The van der Waals surface area contributed by atoms with E-state index in [1.807, 2.05) is 47.8 Å². The molecule has 0 bridgehead atoms. The van der Waals surface area contributed by atoms with Crippen LogP contribution in [0.5, 0.6) is 0 Å². The number of aliphatic hydroxyl groups is 1. The Bertz CT molecular complexity index is 1130. The van der Waals surface area contributed by atoms with Crippen LogP contribution in [0.4, 0.5) is 0 Å². The summed E-state index contributed by atoms with van der Waals surface area (Å²) < 4.78 is 6.32. The molecular weight excluding hydrogens is 440 g/mol. The molecule has 1 N–H and O–H groups in total. The molecule has 7 heteroatoms. The lowest BCUT2D eigenvalue weighted by atomic mass is 9.96. The molecule has 2 aromatic carbocycles. The second kappa shape index (κ2) is 7.58. The quantitative estimate of drug-likeness (QED) is 0.337. The van der Waals surface area contributed by atoms with E-state index in [1.165, 1.54) is 11.3 Å². The Balaban J connectivity index is 1.67. The van der Waals surface area contributed by atoms with Crippen molar-refractivity contribution in [3.8, 4) is 17.3 Å². The topological polar surface area (TPSA) is 83.2 Å². The van der Waals surface area contributed by atoms with Gasteiger partial charge in [-0.25, -0.2) is 9.78 Å². The maximum Gasteiger partial charge on any atom is 0.339 e. The van der Waals surface area contributed by atoms with Gasteiger partial charge in [-0.1, -0.05) is 46.3 Å². The molecule has 0 saturated carbocycles. The van der Waals surface area contributed by atoms with Crippen LogP contribution in [-0.4, -0.2) is 22.2 Å². The lowest BCUT2D eigenvalue weighted by molar-refractivity contribution is 0.0251. The Labute approximate surface area is 173 Å². The molecule has 1 aliphatic heterocycles. The van der Waals surface area contributed by atoms with Crippen LogP contribution in [0.15, 0.2) is 64.1 Å². The molecule has 0 saturated heterocycles. The third-order valence-corrected chi connectivity index (χ3v) is 5.81. The first kappa shape index (κ1) is 18.4. The number of allylic oxidation sites excluding steroid dienone is 1. The largest absolute Gasteiger partial charge is 0.507 e. The average molecular weight is 453 g/mol. The molecule has 2 heterocycles. The number of nitriles is 1. The minimum Gasteiger partial charge on any atom is -0.507 e. The van der Waals surface area contributed by atoms with Gasteiger partial charge in [0.25, 0.3) is 0 Å². The molecule has 0 amide bonds. The number of halogens is 1. The highest BCUT2D eigenvalue weighted by atomic mass is 79.9. The first-order chi connectivity index (χ1) is 13.6. The van der Waals surface area contributed by atoms with Crippen molar-refractivity contribution in [2.75, 3.05) is 0 Å². The van der Waals surface area contributed by atoms with Crippen molar-refractivity contribution in [2.24, 2.45) is 0 Å². The first-order valence-corrected chi connectivity index (χ1v) is 10.1. The molecule has 28 heavy (non-hydrogen) atoms. The van der Waals surface area contributed by atoms with Gasteiger partial charge in [0.2, 0.25) is 0 Å². The van der Waals surface area contributed by atoms with Crippen LogP contribution in [0.3, 0.4) is 0 Å². The van der Waals surface area contributed by atoms with E-state index in [2.05, 4.69) is 20.9 Å². The van der Waals surface area contributed by atoms with E-state index < -0.39 is 12.1 Å². The maximum absolute atomic E-state index is 12.2. The second-order valence-corrected chi connectivity index (χ2v) is 7.95. The predicted molar refractivity (Wildman–Crippen MR) is 110 cm³/mol. The first-order valence-electron chi connectivity index (χ1n) is 8.41. The third-order valence-electron chi connectivity index (χ3n) is 4.42. The number of aliphatic hydroxyl groups excluding tert-OH is 1. The number of esters is 1. The minimum absolute atomic E-state index is 0.0190. The maximum atomic E-state index is 12.2. The highest BCUT2D eigenvalue weighted by Crippen LogP contribution is 2.31. The zero-order valence-corrected chi connectivity index (χ0v) is 16.8. The van der Waals surface area contributed by atoms with E-state index >= 15 is 0 Å². The van der Waals surface area contributed by atoms with Gasteiger partial charge in [-0.05, 0) is 23.8 Å². The Morgan fingerprint density at radius 3 is 2.75 bits per heavy atom. The lowest BCUT2D eigenvalue weighted by Gasteiger charge is -2.24. The van der Waals surface area contributed by atoms with Crippen molar-refractivity contribution >= 4 is 38.8 Å². The molecule has 5 nitrogen and oxygen atoms in total. The van der Waals surface area contributed by atoms with Gasteiger partial charge in [0.15, 0.2) is 11.9 Å². The fraction of sp³-hybridized carbons (Fsp3) is 0.0952. The summed E-state index contributed by atoms with van der Waals surface area (Å²) in [4.78, 5) is 16.7. The number of benzene rings is 2. The summed E-state index contributed by atoms with van der Waals surface area (Å²) in [6, 6.07) is 16.7. The van der Waals surface area contributed by atoms with Gasteiger partial charge in [0.1, 0.15) is 16.6 Å². The number of aromatic nitrogens is 1. The summed E-state index contributed by atoms with van der Waals surface area (Å²) in [5, 5.41) is 22.5. The van der Waals surface area contributed by atoms with Crippen LogP contribution >= 0.6 is 27.3 Å². The number of nitrogens with zero attached hydrogens (tertiary/aromatic N) is 2. The third kappa shape index (κ3) is 3.44. The molecule has 0 radical (unpaired) electrons. The molecule has 1 atom stereocenters. The molecule has 138 valence electrons. The molecule has 0 fully saturated rings. The second-order valence-electron chi connectivity index (χ2n) is 6.17. The van der Waals surface area contributed by atoms with Crippen molar-refractivity contribution in [1.29, 1.82) is 5.26 Å². The predicted octanol–water partition coefficient (Wildman–Crippen LogP) is 5.15. The smallest absolute Gasteiger partial charge is 0.339 e. The number of hydrogen-bond acceptors (Lipinski definition) is 6. The zero-order chi connectivity index (χ0) is 19.7. The number of carbonyl (C=O) groups excluding carboxylic acids is 1. The molecule has 1 unspecified atom stereocenters. The standard InChI is InChI=1S/C21H13BrN2O3S/c22-14-7-5-12(6-8-14)17-11-28-20(24-17)16(10-23)19(25)18-9-13-3-1-2-4-15(13)21(26)27-18/h1-8,11,18,25H,9H2. The van der Waals surface area contributed by atoms with Crippen molar-refractivity contribution in [1.82, 2.24) is 4.98 Å². The normalized spacial score (nSPS) is 16.6. The van der Waals surface area contributed by atoms with E-state index in [9.17, 15) is 15.2 Å². The van der Waals surface area contributed by atoms with Gasteiger partial charge < -0.3 is 9.84 Å². The number of ether oxygens (including phenoxy) is 1. The number of cyclic esters (lactones) is 1. The van der Waals surface area contributed by atoms with Crippen LogP contribution in [0.2, 0.25) is 0 Å². The molecule has 1 aromatic heterocycles. The SMILES string of the molecule is N#CC(=C(O)C1Cc2ccccc2C(=O)O1)c1nc(-c2ccc(Br)cc2)cs1. The van der Waals surface area contributed by atoms with Crippen molar-refractivity contribution < 1.29 is 14.6 Å². The monoisotopic (exact) mass is 452 g/mol. The van der Waals surface area contributed by atoms with Gasteiger partial charge in [-0.15, -0.1) is 11.3 Å². The Kier molecular flexibility index (Phi) is 4.99. The summed E-state index contributed by atoms with van der Waals surface area (Å²) in [6.07, 6.45) is -0.596. The average Bonchev–Trinajstić information content (AvgIpc) is 3.19. The van der Waals surface area contributed by atoms with Crippen LogP contribution in [-0.2, 0) is 11.2 Å². The number of rotatable bonds is 3. The lowest BCUT2D eigenvalue weighted by Crippen LogP contribution is -2.29. The van der Waals surface area contributed by atoms with E-state index in [0.717, 1.165) is 15.6 Å². The van der Waals surface area contributed by atoms with Crippen molar-refractivity contribution in [3.05, 3.63) is 80.3 Å². The molecular formula is C21H13BrN2O3S. The number of carbonyl (C=O) groups is 1. The van der Waals surface area contributed by atoms with E-state index in [1.54, 1.807) is 12.1 Å². The van der Waals surface area contributed by atoms with E-state index in [0.29, 0.717) is 22.7 Å². The van der Waals surface area contributed by atoms with Gasteiger partial charge >= 0.3 is 5.97 Å². The highest BCUT2D eigenvalue weighted by Gasteiger charge is 2.31. The van der Waals surface area contributed by atoms with Gasteiger partial charge in [-0.2, -0.15) is 5.26 Å². The van der Waals surface area contributed by atoms with E-state index in [-0.39, 0.29) is 11.3 Å². The summed E-state index contributed by atoms with van der Waals surface area (Å²) in [7, 11) is 0. The molecule has 1 aliphatic rings. The molecule has 4 rings (SSSR count). The molecule has 0 spiro atoms. The summed E-state index contributed by atoms with van der Waals surface area (Å²) >= 11 is 4.65. The van der Waals surface area contributed by atoms with Crippen LogP contribution in [0, 0.1) is 11.3 Å². The zero-order valence-electron chi connectivity index (χ0n) is 14.4. The Morgan fingerprint density at radius 1 is 1.25 bits per heavy atom. The van der Waals surface area contributed by atoms with Crippen molar-refractivity contribution in [2.45, 2.75) is 12.5 Å². The summed E-state index contributed by atoms with van der Waals surface area (Å²) in [5.74, 6) is -0.785. The van der Waals surface area contributed by atoms with Gasteiger partial charge in [0, 0.05) is 21.8 Å². The van der Waals surface area contributed by atoms with Crippen molar-refractivity contribution in [3.63, 3.8) is 0 Å². The Morgan fingerprint density at radius 2 is 2.00 bits per heavy atom. The fourth-order valence-corrected chi connectivity index (χ4v) is 4.10. The van der Waals surface area contributed by atoms with Gasteiger partial charge in [-0.3, -0.25) is 0 Å². The summed E-state index contributed by atoms with van der Waals surface area (Å²) in [5.41, 5.74) is 2.89. The fourth-order valence-electron chi connectivity index (χ4n) is 3.00. The summed E-state index contributed by atoms with van der Waals surface area (Å²) in [6.45, 7) is 0. The number of thiazole rings is 1. The molecule has 0 aliphatic carbocycles. The molecule has 3 aromatic rings. The minimum atomic E-state index is -0.905. The van der Waals surface area contributed by atoms with Gasteiger partial charge in [0.05, 0.1) is 11.3 Å². The van der Waals surface area contributed by atoms with Crippen LogP contribution < -0.4 is 0 Å². The van der Waals surface area contributed by atoms with Crippen LogP contribution in [0.25, 0.3) is 16.8 Å².